The third-order valence-corrected chi connectivity index (χ3v) is 4.73. The number of ether oxygens (including phenoxy) is 1. The molecule has 0 spiro atoms. The van der Waals surface area contributed by atoms with Gasteiger partial charge in [0.05, 0.1) is 11.1 Å². The molecule has 110 valence electrons. The first kappa shape index (κ1) is 14.3. The molecule has 1 fully saturated rings. The number of benzene rings is 2. The minimum Gasteiger partial charge on any atom is -0.376 e. The van der Waals surface area contributed by atoms with Gasteiger partial charge in [-0.3, -0.25) is 0 Å². The maximum Gasteiger partial charge on any atom is 0.0865 e. The summed E-state index contributed by atoms with van der Waals surface area (Å²) in [6.07, 6.45) is 3.80. The smallest absolute Gasteiger partial charge is 0.0865 e. The summed E-state index contributed by atoms with van der Waals surface area (Å²) in [5, 5.41) is 0. The summed E-state index contributed by atoms with van der Waals surface area (Å²) in [5.41, 5.74) is 8.92. The summed E-state index contributed by atoms with van der Waals surface area (Å²) in [4.78, 5) is 0. The second kappa shape index (κ2) is 5.63. The molecule has 0 aromatic heterocycles. The SMILES string of the molecule is COC1(C(N)(Cc2ccccc2)Cc2ccccc2)CC1. The lowest BCUT2D eigenvalue weighted by molar-refractivity contribution is 0.0107. The summed E-state index contributed by atoms with van der Waals surface area (Å²) >= 11 is 0. The minimum atomic E-state index is -0.357. The fourth-order valence-corrected chi connectivity index (χ4v) is 3.32. The Bertz CT molecular complexity index is 534. The average Bonchev–Trinajstić information content (AvgIpc) is 3.31. The van der Waals surface area contributed by atoms with Gasteiger partial charge in [-0.1, -0.05) is 60.7 Å². The first-order valence-electron chi connectivity index (χ1n) is 7.59. The fraction of sp³-hybridized carbons (Fsp3) is 0.368. The molecule has 1 aliphatic carbocycles. The van der Waals surface area contributed by atoms with Crippen molar-refractivity contribution in [2.75, 3.05) is 7.11 Å². The van der Waals surface area contributed by atoms with Gasteiger partial charge in [-0.15, -0.1) is 0 Å². The second-order valence-corrected chi connectivity index (χ2v) is 6.18. The predicted octanol–water partition coefficient (Wildman–Crippen LogP) is 3.35. The Hall–Kier alpha value is -1.64. The molecular formula is C19H23NO. The third-order valence-electron chi connectivity index (χ3n) is 4.73. The molecule has 2 nitrogen and oxygen atoms in total. The van der Waals surface area contributed by atoms with E-state index in [0.717, 1.165) is 25.7 Å². The van der Waals surface area contributed by atoms with Crippen molar-refractivity contribution in [3.63, 3.8) is 0 Å². The Labute approximate surface area is 126 Å². The van der Waals surface area contributed by atoms with E-state index in [1.54, 1.807) is 7.11 Å². The summed E-state index contributed by atoms with van der Waals surface area (Å²) in [6.45, 7) is 0. The maximum atomic E-state index is 6.89. The van der Waals surface area contributed by atoms with Crippen LogP contribution in [0.4, 0.5) is 0 Å². The number of rotatable bonds is 6. The van der Waals surface area contributed by atoms with E-state index in [0.29, 0.717) is 0 Å². The van der Waals surface area contributed by atoms with E-state index in [1.807, 2.05) is 12.1 Å². The van der Waals surface area contributed by atoms with E-state index in [2.05, 4.69) is 48.5 Å². The zero-order valence-corrected chi connectivity index (χ0v) is 12.6. The Kier molecular flexibility index (Phi) is 3.83. The molecule has 0 saturated heterocycles. The molecule has 3 rings (SSSR count). The fourth-order valence-electron chi connectivity index (χ4n) is 3.32. The van der Waals surface area contributed by atoms with Crippen LogP contribution in [-0.4, -0.2) is 18.2 Å². The van der Waals surface area contributed by atoms with E-state index in [4.69, 9.17) is 10.5 Å². The van der Waals surface area contributed by atoms with Crippen molar-refractivity contribution in [2.24, 2.45) is 5.73 Å². The molecule has 0 radical (unpaired) electrons. The van der Waals surface area contributed by atoms with E-state index in [9.17, 15) is 0 Å². The molecule has 2 aromatic rings. The van der Waals surface area contributed by atoms with Gasteiger partial charge in [0.15, 0.2) is 0 Å². The lowest BCUT2D eigenvalue weighted by Crippen LogP contribution is -2.57. The van der Waals surface area contributed by atoms with Crippen LogP contribution in [0.5, 0.6) is 0 Å². The topological polar surface area (TPSA) is 35.2 Å². The van der Waals surface area contributed by atoms with E-state index < -0.39 is 0 Å². The van der Waals surface area contributed by atoms with Gasteiger partial charge in [-0.05, 0) is 36.8 Å². The Morgan fingerprint density at radius 2 is 1.33 bits per heavy atom. The largest absolute Gasteiger partial charge is 0.376 e. The lowest BCUT2D eigenvalue weighted by atomic mass is 9.79. The molecule has 2 aromatic carbocycles. The molecule has 21 heavy (non-hydrogen) atoms. The van der Waals surface area contributed by atoms with Crippen molar-refractivity contribution < 1.29 is 4.74 Å². The van der Waals surface area contributed by atoms with Crippen LogP contribution in [0, 0.1) is 0 Å². The minimum absolute atomic E-state index is 0.168. The van der Waals surface area contributed by atoms with Crippen LogP contribution in [0.25, 0.3) is 0 Å². The highest BCUT2D eigenvalue weighted by molar-refractivity contribution is 5.28. The Balaban J connectivity index is 1.88. The molecule has 2 heteroatoms. The molecule has 0 bridgehead atoms. The predicted molar refractivity (Wildman–Crippen MR) is 86.2 cm³/mol. The molecule has 0 aliphatic heterocycles. The lowest BCUT2D eigenvalue weighted by Gasteiger charge is -2.38. The molecule has 1 saturated carbocycles. The monoisotopic (exact) mass is 281 g/mol. The van der Waals surface area contributed by atoms with Gasteiger partial charge in [0.1, 0.15) is 0 Å². The third kappa shape index (κ3) is 2.87. The zero-order chi connectivity index (χ0) is 14.8. The van der Waals surface area contributed by atoms with Crippen molar-refractivity contribution in [2.45, 2.75) is 36.8 Å². The van der Waals surface area contributed by atoms with E-state index in [1.165, 1.54) is 11.1 Å². The van der Waals surface area contributed by atoms with Gasteiger partial charge in [0.2, 0.25) is 0 Å². The second-order valence-electron chi connectivity index (χ2n) is 6.18. The zero-order valence-electron chi connectivity index (χ0n) is 12.6. The number of hydrogen-bond donors (Lipinski definition) is 1. The molecule has 0 unspecified atom stereocenters. The van der Waals surface area contributed by atoms with Crippen molar-refractivity contribution in [1.29, 1.82) is 0 Å². The highest BCUT2D eigenvalue weighted by Gasteiger charge is 2.57. The van der Waals surface area contributed by atoms with Crippen LogP contribution in [-0.2, 0) is 17.6 Å². The summed E-state index contributed by atoms with van der Waals surface area (Å²) < 4.78 is 5.83. The molecule has 0 heterocycles. The van der Waals surface area contributed by atoms with Crippen molar-refractivity contribution in [3.8, 4) is 0 Å². The van der Waals surface area contributed by atoms with Crippen LogP contribution in [0.1, 0.15) is 24.0 Å². The van der Waals surface area contributed by atoms with Gasteiger partial charge < -0.3 is 10.5 Å². The summed E-state index contributed by atoms with van der Waals surface area (Å²) in [6, 6.07) is 21.0. The molecule has 0 atom stereocenters. The standard InChI is InChI=1S/C19H23NO/c1-21-19(12-13-19)18(20,14-16-8-4-2-5-9-16)15-17-10-6-3-7-11-17/h2-11H,12-15,20H2,1H3. The van der Waals surface area contributed by atoms with Crippen LogP contribution in [0.3, 0.4) is 0 Å². The highest BCUT2D eigenvalue weighted by Crippen LogP contribution is 2.49. The van der Waals surface area contributed by atoms with Gasteiger partial charge in [-0.2, -0.15) is 0 Å². The maximum absolute atomic E-state index is 6.89. The molecular weight excluding hydrogens is 258 g/mol. The normalized spacial score (nSPS) is 16.7. The Morgan fingerprint density at radius 1 is 0.905 bits per heavy atom. The first-order valence-corrected chi connectivity index (χ1v) is 7.59. The number of nitrogens with two attached hydrogens (primary N) is 1. The summed E-state index contributed by atoms with van der Waals surface area (Å²) in [5.74, 6) is 0. The highest BCUT2D eigenvalue weighted by atomic mass is 16.5. The van der Waals surface area contributed by atoms with E-state index >= 15 is 0 Å². The van der Waals surface area contributed by atoms with Crippen LogP contribution in [0.2, 0.25) is 0 Å². The van der Waals surface area contributed by atoms with Gasteiger partial charge in [0, 0.05) is 7.11 Å². The van der Waals surface area contributed by atoms with Crippen LogP contribution < -0.4 is 5.73 Å². The van der Waals surface area contributed by atoms with Crippen molar-refractivity contribution in [3.05, 3.63) is 71.8 Å². The molecule has 2 N–H and O–H groups in total. The van der Waals surface area contributed by atoms with Crippen LogP contribution in [0.15, 0.2) is 60.7 Å². The average molecular weight is 281 g/mol. The van der Waals surface area contributed by atoms with Crippen molar-refractivity contribution in [1.82, 2.24) is 0 Å². The van der Waals surface area contributed by atoms with Crippen LogP contribution >= 0.6 is 0 Å². The van der Waals surface area contributed by atoms with E-state index in [-0.39, 0.29) is 11.1 Å². The number of methoxy groups -OCH3 is 1. The molecule has 1 aliphatic rings. The number of hydrogen-bond acceptors (Lipinski definition) is 2. The summed E-state index contributed by atoms with van der Waals surface area (Å²) in [7, 11) is 1.80. The Morgan fingerprint density at radius 3 is 1.67 bits per heavy atom. The van der Waals surface area contributed by atoms with Gasteiger partial charge >= 0.3 is 0 Å². The van der Waals surface area contributed by atoms with Gasteiger partial charge in [0.25, 0.3) is 0 Å². The van der Waals surface area contributed by atoms with Gasteiger partial charge in [-0.25, -0.2) is 0 Å². The van der Waals surface area contributed by atoms with Crippen molar-refractivity contribution >= 4 is 0 Å². The molecule has 0 amide bonds. The first-order chi connectivity index (χ1) is 10.2. The quantitative estimate of drug-likeness (QED) is 0.881.